The summed E-state index contributed by atoms with van der Waals surface area (Å²) in [5, 5.41) is 9.22. The summed E-state index contributed by atoms with van der Waals surface area (Å²) < 4.78 is 0. The van der Waals surface area contributed by atoms with Crippen LogP contribution in [0.1, 0.15) is 39.8 Å². The van der Waals surface area contributed by atoms with Gasteiger partial charge in [0.2, 0.25) is 0 Å². The summed E-state index contributed by atoms with van der Waals surface area (Å²) in [4.78, 5) is 16.3. The van der Waals surface area contributed by atoms with Crippen LogP contribution < -0.4 is 0 Å². The molecular formula is C19H23NO2S. The Hall–Kier alpha value is -1.65. The molecule has 2 heterocycles. The third kappa shape index (κ3) is 3.65. The zero-order valence-corrected chi connectivity index (χ0v) is 14.5. The van der Waals surface area contributed by atoms with E-state index in [0.29, 0.717) is 0 Å². The molecule has 0 radical (unpaired) electrons. The van der Waals surface area contributed by atoms with Gasteiger partial charge in [-0.3, -0.25) is 9.69 Å². The number of rotatable bonds is 4. The number of nitrogens with zero attached hydrogens (tertiary/aromatic N) is 1. The first-order valence-corrected chi connectivity index (χ1v) is 8.96. The smallest absolute Gasteiger partial charge is 0.306 e. The van der Waals surface area contributed by atoms with Crippen LogP contribution in [0.2, 0.25) is 0 Å². The van der Waals surface area contributed by atoms with Gasteiger partial charge in [-0.15, -0.1) is 11.3 Å². The van der Waals surface area contributed by atoms with Crippen molar-refractivity contribution < 1.29 is 9.90 Å². The Bertz CT molecular complexity index is 686. The maximum Gasteiger partial charge on any atom is 0.306 e. The van der Waals surface area contributed by atoms with Crippen LogP contribution in [0, 0.1) is 19.8 Å². The fourth-order valence-electron chi connectivity index (χ4n) is 3.40. The van der Waals surface area contributed by atoms with Crippen LogP contribution in [0.3, 0.4) is 0 Å². The average molecular weight is 329 g/mol. The minimum absolute atomic E-state index is 0.186. The molecule has 1 aliphatic heterocycles. The lowest BCUT2D eigenvalue weighted by atomic mass is 9.93. The SMILES string of the molecule is Cc1cccc(C(c2ccc(C)s2)N2CCC(C(=O)O)CC2)c1. The zero-order chi connectivity index (χ0) is 16.4. The Balaban J connectivity index is 1.89. The number of carboxylic acid groups (broad SMARTS) is 1. The van der Waals surface area contributed by atoms with Crippen molar-refractivity contribution in [2.45, 2.75) is 32.7 Å². The van der Waals surface area contributed by atoms with E-state index in [4.69, 9.17) is 0 Å². The number of aliphatic carboxylic acids is 1. The van der Waals surface area contributed by atoms with Crippen molar-refractivity contribution in [3.8, 4) is 0 Å². The van der Waals surface area contributed by atoms with Gasteiger partial charge in [0, 0.05) is 9.75 Å². The van der Waals surface area contributed by atoms with Crippen molar-refractivity contribution in [2.75, 3.05) is 13.1 Å². The number of carboxylic acids is 1. The Morgan fingerprint density at radius 3 is 2.52 bits per heavy atom. The average Bonchev–Trinajstić information content (AvgIpc) is 2.94. The monoisotopic (exact) mass is 329 g/mol. The van der Waals surface area contributed by atoms with Crippen LogP contribution in [0.4, 0.5) is 0 Å². The molecule has 1 aromatic carbocycles. The summed E-state index contributed by atoms with van der Waals surface area (Å²) in [6.45, 7) is 5.94. The molecule has 1 aliphatic rings. The van der Waals surface area contributed by atoms with E-state index in [0.717, 1.165) is 25.9 Å². The minimum Gasteiger partial charge on any atom is -0.481 e. The largest absolute Gasteiger partial charge is 0.481 e. The van der Waals surface area contributed by atoms with Crippen molar-refractivity contribution in [3.63, 3.8) is 0 Å². The van der Waals surface area contributed by atoms with Gasteiger partial charge in [-0.1, -0.05) is 29.8 Å². The summed E-state index contributed by atoms with van der Waals surface area (Å²) in [6.07, 6.45) is 1.48. The van der Waals surface area contributed by atoms with Crippen LogP contribution in [0.5, 0.6) is 0 Å². The molecule has 0 spiro atoms. The molecule has 0 saturated carbocycles. The van der Waals surface area contributed by atoms with Crippen LogP contribution in [0.25, 0.3) is 0 Å². The lowest BCUT2D eigenvalue weighted by molar-refractivity contribution is -0.143. The van der Waals surface area contributed by atoms with Crippen LogP contribution in [-0.4, -0.2) is 29.1 Å². The molecule has 0 bridgehead atoms. The number of thiophene rings is 1. The first kappa shape index (κ1) is 16.2. The van der Waals surface area contributed by atoms with Crippen LogP contribution >= 0.6 is 11.3 Å². The van der Waals surface area contributed by atoms with E-state index in [2.05, 4.69) is 55.1 Å². The lowest BCUT2D eigenvalue weighted by Crippen LogP contribution is -2.39. The Kier molecular flexibility index (Phi) is 4.83. The van der Waals surface area contributed by atoms with Gasteiger partial charge in [-0.2, -0.15) is 0 Å². The van der Waals surface area contributed by atoms with E-state index in [9.17, 15) is 9.90 Å². The number of hydrogen-bond acceptors (Lipinski definition) is 3. The topological polar surface area (TPSA) is 40.5 Å². The first-order chi connectivity index (χ1) is 11.0. The second kappa shape index (κ2) is 6.85. The maximum absolute atomic E-state index is 11.2. The highest BCUT2D eigenvalue weighted by atomic mass is 32.1. The summed E-state index contributed by atoms with van der Waals surface area (Å²) in [5.74, 6) is -0.835. The van der Waals surface area contributed by atoms with Gasteiger partial charge in [-0.05, 0) is 57.5 Å². The minimum atomic E-state index is -0.649. The van der Waals surface area contributed by atoms with Gasteiger partial charge in [0.25, 0.3) is 0 Å². The summed E-state index contributed by atoms with van der Waals surface area (Å²) in [7, 11) is 0. The normalized spacial score (nSPS) is 18.0. The predicted molar refractivity (Wildman–Crippen MR) is 94.0 cm³/mol. The van der Waals surface area contributed by atoms with Crippen molar-refractivity contribution >= 4 is 17.3 Å². The van der Waals surface area contributed by atoms with Gasteiger partial charge in [-0.25, -0.2) is 0 Å². The molecule has 122 valence electrons. The fourth-order valence-corrected chi connectivity index (χ4v) is 4.44. The maximum atomic E-state index is 11.2. The molecular weight excluding hydrogens is 306 g/mol. The number of aryl methyl sites for hydroxylation is 2. The molecule has 23 heavy (non-hydrogen) atoms. The third-order valence-corrected chi connectivity index (χ3v) is 5.69. The molecule has 1 saturated heterocycles. The highest BCUT2D eigenvalue weighted by molar-refractivity contribution is 7.12. The molecule has 3 rings (SSSR count). The third-order valence-electron chi connectivity index (χ3n) is 4.63. The second-order valence-electron chi connectivity index (χ2n) is 6.41. The first-order valence-electron chi connectivity index (χ1n) is 8.14. The molecule has 1 atom stereocenters. The molecule has 1 N–H and O–H groups in total. The number of piperidine rings is 1. The van der Waals surface area contributed by atoms with E-state index in [1.807, 2.05) is 11.3 Å². The van der Waals surface area contributed by atoms with E-state index < -0.39 is 5.97 Å². The Morgan fingerprint density at radius 1 is 1.22 bits per heavy atom. The van der Waals surface area contributed by atoms with Gasteiger partial charge >= 0.3 is 5.97 Å². The fraction of sp³-hybridized carbons (Fsp3) is 0.421. The number of carbonyl (C=O) groups is 1. The summed E-state index contributed by atoms with van der Waals surface area (Å²) in [6, 6.07) is 13.3. The highest BCUT2D eigenvalue weighted by Gasteiger charge is 2.30. The van der Waals surface area contributed by atoms with Crippen molar-refractivity contribution in [1.82, 2.24) is 4.90 Å². The molecule has 1 fully saturated rings. The lowest BCUT2D eigenvalue weighted by Gasteiger charge is -2.36. The van der Waals surface area contributed by atoms with Gasteiger partial charge in [0.1, 0.15) is 0 Å². The molecule has 0 aliphatic carbocycles. The standard InChI is InChI=1S/C19H23NO2S/c1-13-4-3-5-16(12-13)18(17-7-6-14(2)23-17)20-10-8-15(9-11-20)19(21)22/h3-7,12,15,18H,8-11H2,1-2H3,(H,21,22). The van der Waals surface area contributed by atoms with E-state index in [1.165, 1.54) is 20.9 Å². The van der Waals surface area contributed by atoms with Crippen LogP contribution in [0.15, 0.2) is 36.4 Å². The van der Waals surface area contributed by atoms with Crippen molar-refractivity contribution in [3.05, 3.63) is 57.3 Å². The van der Waals surface area contributed by atoms with Gasteiger partial charge in [0.15, 0.2) is 0 Å². The van der Waals surface area contributed by atoms with Crippen molar-refractivity contribution in [1.29, 1.82) is 0 Å². The van der Waals surface area contributed by atoms with Gasteiger partial charge < -0.3 is 5.11 Å². The summed E-state index contributed by atoms with van der Waals surface area (Å²) in [5.41, 5.74) is 2.57. The molecule has 1 aromatic heterocycles. The molecule has 4 heteroatoms. The number of hydrogen-bond donors (Lipinski definition) is 1. The Labute approximate surface area is 141 Å². The quantitative estimate of drug-likeness (QED) is 0.911. The zero-order valence-electron chi connectivity index (χ0n) is 13.7. The summed E-state index contributed by atoms with van der Waals surface area (Å²) >= 11 is 1.84. The van der Waals surface area contributed by atoms with E-state index in [-0.39, 0.29) is 12.0 Å². The molecule has 1 unspecified atom stereocenters. The van der Waals surface area contributed by atoms with Crippen molar-refractivity contribution in [2.24, 2.45) is 5.92 Å². The number of benzene rings is 1. The van der Waals surface area contributed by atoms with Crippen LogP contribution in [-0.2, 0) is 4.79 Å². The van der Waals surface area contributed by atoms with E-state index in [1.54, 1.807) is 0 Å². The number of likely N-dealkylation sites (tertiary alicyclic amines) is 1. The van der Waals surface area contributed by atoms with Gasteiger partial charge in [0.05, 0.1) is 12.0 Å². The molecule has 3 nitrogen and oxygen atoms in total. The Morgan fingerprint density at radius 2 is 1.96 bits per heavy atom. The molecule has 0 amide bonds. The highest BCUT2D eigenvalue weighted by Crippen LogP contribution is 2.36. The molecule has 2 aromatic rings. The second-order valence-corrected chi connectivity index (χ2v) is 7.73. The predicted octanol–water partition coefficient (Wildman–Crippen LogP) is 4.25. The van der Waals surface area contributed by atoms with E-state index >= 15 is 0 Å².